The summed E-state index contributed by atoms with van der Waals surface area (Å²) < 4.78 is 11.6. The van der Waals surface area contributed by atoms with Crippen molar-refractivity contribution in [3.8, 4) is 11.5 Å². The molecule has 2 heteroatoms. The van der Waals surface area contributed by atoms with Crippen molar-refractivity contribution in [2.75, 3.05) is 7.11 Å². The Hall–Kier alpha value is -3.78. The fourth-order valence-corrected chi connectivity index (χ4v) is 4.61. The van der Waals surface area contributed by atoms with Gasteiger partial charge in [-0.05, 0) is 82.5 Å². The lowest BCUT2D eigenvalue weighted by Crippen LogP contribution is -1.99. The SMILES string of the molecule is COc1ccc(C2=C(c3ccccc3)CCCc3cc(OCc4ccccc4)ccc32)cc1. The van der Waals surface area contributed by atoms with Crippen LogP contribution in [0.3, 0.4) is 0 Å². The average molecular weight is 433 g/mol. The lowest BCUT2D eigenvalue weighted by Gasteiger charge is -2.18. The molecule has 0 saturated heterocycles. The number of benzene rings is 4. The first kappa shape index (κ1) is 21.1. The molecule has 0 heterocycles. The van der Waals surface area contributed by atoms with Crippen molar-refractivity contribution >= 4 is 11.1 Å². The van der Waals surface area contributed by atoms with Crippen LogP contribution in [0.25, 0.3) is 11.1 Å². The minimum Gasteiger partial charge on any atom is -0.497 e. The van der Waals surface area contributed by atoms with Gasteiger partial charge in [0.1, 0.15) is 18.1 Å². The molecule has 164 valence electrons. The molecular formula is C31H28O2. The van der Waals surface area contributed by atoms with Gasteiger partial charge in [0, 0.05) is 0 Å². The Morgan fingerprint density at radius 2 is 1.36 bits per heavy atom. The van der Waals surface area contributed by atoms with Crippen molar-refractivity contribution in [1.82, 2.24) is 0 Å². The minimum atomic E-state index is 0.579. The minimum absolute atomic E-state index is 0.579. The van der Waals surface area contributed by atoms with Crippen LogP contribution in [-0.2, 0) is 13.0 Å². The Labute approximate surface area is 196 Å². The summed E-state index contributed by atoms with van der Waals surface area (Å²) in [6.07, 6.45) is 3.19. The molecule has 4 aromatic carbocycles. The van der Waals surface area contributed by atoms with E-state index in [1.165, 1.54) is 39.0 Å². The Balaban J connectivity index is 1.56. The van der Waals surface area contributed by atoms with Crippen LogP contribution in [0.5, 0.6) is 11.5 Å². The molecule has 5 rings (SSSR count). The quantitative estimate of drug-likeness (QED) is 0.313. The maximum atomic E-state index is 6.15. The number of hydrogen-bond donors (Lipinski definition) is 0. The molecule has 0 aromatic heterocycles. The van der Waals surface area contributed by atoms with Crippen LogP contribution in [0.2, 0.25) is 0 Å². The third-order valence-electron chi connectivity index (χ3n) is 6.27. The van der Waals surface area contributed by atoms with Crippen LogP contribution in [0.1, 0.15) is 40.7 Å². The molecule has 0 saturated carbocycles. The van der Waals surface area contributed by atoms with E-state index in [1.54, 1.807) is 7.11 Å². The van der Waals surface area contributed by atoms with Gasteiger partial charge >= 0.3 is 0 Å². The predicted octanol–water partition coefficient (Wildman–Crippen LogP) is 7.57. The van der Waals surface area contributed by atoms with Gasteiger partial charge in [-0.1, -0.05) is 78.9 Å². The summed E-state index contributed by atoms with van der Waals surface area (Å²) in [4.78, 5) is 0. The van der Waals surface area contributed by atoms with Crippen molar-refractivity contribution in [1.29, 1.82) is 0 Å². The molecule has 0 N–H and O–H groups in total. The van der Waals surface area contributed by atoms with Crippen LogP contribution in [0, 0.1) is 0 Å². The van der Waals surface area contributed by atoms with Crippen molar-refractivity contribution in [2.24, 2.45) is 0 Å². The van der Waals surface area contributed by atoms with E-state index in [0.717, 1.165) is 30.8 Å². The molecule has 0 radical (unpaired) electrons. The molecule has 0 aliphatic heterocycles. The van der Waals surface area contributed by atoms with Gasteiger partial charge in [-0.15, -0.1) is 0 Å². The normalized spacial score (nSPS) is 13.2. The zero-order chi connectivity index (χ0) is 22.5. The van der Waals surface area contributed by atoms with Crippen molar-refractivity contribution in [2.45, 2.75) is 25.9 Å². The molecule has 2 nitrogen and oxygen atoms in total. The maximum absolute atomic E-state index is 6.15. The highest BCUT2D eigenvalue weighted by molar-refractivity contribution is 6.00. The van der Waals surface area contributed by atoms with Crippen LogP contribution in [0.4, 0.5) is 0 Å². The summed E-state index contributed by atoms with van der Waals surface area (Å²) in [5, 5.41) is 0. The number of methoxy groups -OCH3 is 1. The first-order valence-corrected chi connectivity index (χ1v) is 11.5. The number of aryl methyl sites for hydroxylation is 1. The number of hydrogen-bond acceptors (Lipinski definition) is 2. The predicted molar refractivity (Wildman–Crippen MR) is 136 cm³/mol. The monoisotopic (exact) mass is 432 g/mol. The highest BCUT2D eigenvalue weighted by Crippen LogP contribution is 2.41. The third kappa shape index (κ3) is 4.70. The summed E-state index contributed by atoms with van der Waals surface area (Å²) in [6.45, 7) is 0.579. The Kier molecular flexibility index (Phi) is 6.25. The lowest BCUT2D eigenvalue weighted by atomic mass is 9.88. The Bertz CT molecular complexity index is 1240. The van der Waals surface area contributed by atoms with Crippen LogP contribution in [0.15, 0.2) is 103 Å². The van der Waals surface area contributed by atoms with Crippen LogP contribution in [-0.4, -0.2) is 7.11 Å². The molecule has 0 spiro atoms. The van der Waals surface area contributed by atoms with E-state index in [0.29, 0.717) is 6.61 Å². The molecule has 0 fully saturated rings. The average Bonchev–Trinajstić information content (AvgIpc) is 3.08. The number of rotatable bonds is 6. The van der Waals surface area contributed by atoms with E-state index < -0.39 is 0 Å². The van der Waals surface area contributed by atoms with E-state index in [9.17, 15) is 0 Å². The van der Waals surface area contributed by atoms with Gasteiger partial charge in [-0.25, -0.2) is 0 Å². The first-order valence-electron chi connectivity index (χ1n) is 11.5. The second-order valence-electron chi connectivity index (χ2n) is 8.39. The van der Waals surface area contributed by atoms with Crippen molar-refractivity contribution in [3.63, 3.8) is 0 Å². The molecule has 4 aromatic rings. The van der Waals surface area contributed by atoms with Gasteiger partial charge in [0.25, 0.3) is 0 Å². The number of fused-ring (bicyclic) bond motifs is 1. The second kappa shape index (κ2) is 9.79. The molecule has 0 bridgehead atoms. The first-order chi connectivity index (χ1) is 16.3. The number of ether oxygens (including phenoxy) is 2. The Morgan fingerprint density at radius 1 is 0.667 bits per heavy atom. The molecule has 0 amide bonds. The fourth-order valence-electron chi connectivity index (χ4n) is 4.61. The smallest absolute Gasteiger partial charge is 0.120 e. The van der Waals surface area contributed by atoms with Gasteiger partial charge in [0.15, 0.2) is 0 Å². The van der Waals surface area contributed by atoms with Crippen molar-refractivity contribution in [3.05, 3.63) is 131 Å². The summed E-state index contributed by atoms with van der Waals surface area (Å²) in [7, 11) is 1.71. The fraction of sp³-hybridized carbons (Fsp3) is 0.161. The van der Waals surface area contributed by atoms with E-state index in [4.69, 9.17) is 9.47 Å². The van der Waals surface area contributed by atoms with Gasteiger partial charge in [-0.2, -0.15) is 0 Å². The van der Waals surface area contributed by atoms with E-state index in [2.05, 4.69) is 72.8 Å². The number of allylic oxidation sites excluding steroid dienone is 1. The highest BCUT2D eigenvalue weighted by Gasteiger charge is 2.20. The molecule has 0 atom stereocenters. The molecule has 0 unspecified atom stereocenters. The zero-order valence-corrected chi connectivity index (χ0v) is 19.0. The van der Waals surface area contributed by atoms with Crippen molar-refractivity contribution < 1.29 is 9.47 Å². The molecule has 33 heavy (non-hydrogen) atoms. The second-order valence-corrected chi connectivity index (χ2v) is 8.39. The molecule has 1 aliphatic carbocycles. The Morgan fingerprint density at radius 3 is 2.09 bits per heavy atom. The largest absolute Gasteiger partial charge is 0.497 e. The highest BCUT2D eigenvalue weighted by atomic mass is 16.5. The summed E-state index contributed by atoms with van der Waals surface area (Å²) >= 11 is 0. The summed E-state index contributed by atoms with van der Waals surface area (Å²) in [6, 6.07) is 36.1. The van der Waals surface area contributed by atoms with Gasteiger partial charge in [0.2, 0.25) is 0 Å². The molecule has 1 aliphatic rings. The van der Waals surface area contributed by atoms with Gasteiger partial charge in [0.05, 0.1) is 7.11 Å². The van der Waals surface area contributed by atoms with E-state index in [-0.39, 0.29) is 0 Å². The van der Waals surface area contributed by atoms with Crippen LogP contribution < -0.4 is 9.47 Å². The summed E-state index contributed by atoms with van der Waals surface area (Å²) in [5.74, 6) is 1.80. The van der Waals surface area contributed by atoms with E-state index in [1.807, 2.05) is 30.3 Å². The topological polar surface area (TPSA) is 18.5 Å². The zero-order valence-electron chi connectivity index (χ0n) is 19.0. The maximum Gasteiger partial charge on any atom is 0.120 e. The molecular weight excluding hydrogens is 404 g/mol. The standard InChI is InChI=1S/C31H28O2/c1-32-27-17-15-25(16-18-27)31-29(24-11-6-3-7-12-24)14-8-13-26-21-28(19-20-30(26)31)33-22-23-9-4-2-5-10-23/h2-7,9-12,15-21H,8,13-14,22H2,1H3. The third-order valence-corrected chi connectivity index (χ3v) is 6.27. The van der Waals surface area contributed by atoms with Gasteiger partial charge in [-0.3, -0.25) is 0 Å². The van der Waals surface area contributed by atoms with Crippen LogP contribution >= 0.6 is 0 Å². The summed E-state index contributed by atoms with van der Waals surface area (Å²) in [5.41, 5.74) is 9.04. The van der Waals surface area contributed by atoms with E-state index >= 15 is 0 Å². The van der Waals surface area contributed by atoms with Gasteiger partial charge < -0.3 is 9.47 Å². The lowest BCUT2D eigenvalue weighted by molar-refractivity contribution is 0.306.